The van der Waals surface area contributed by atoms with Crippen molar-refractivity contribution in [1.29, 1.82) is 0 Å². The molecule has 4 aromatic rings. The topological polar surface area (TPSA) is 101 Å². The van der Waals surface area contributed by atoms with Crippen LogP contribution < -0.4 is 15.5 Å². The second-order valence-corrected chi connectivity index (χ2v) is 11.7. The number of hydrogen-bond donors (Lipinski definition) is 3. The van der Waals surface area contributed by atoms with E-state index in [0.29, 0.717) is 29.3 Å². The van der Waals surface area contributed by atoms with Gasteiger partial charge in [0.1, 0.15) is 17.3 Å². The number of β-amino-alcohol motifs (C(OH)–C–C–N with tert-alkyl or cyclic N) is 1. The standard InChI is InChI=1S/C31H35FN8O2/c1-37-12-14-38(15-13-37)20-31(42)7-10-39(11-8-31)22-2-5-27(33-17-22)36-25-4-3-23(24-18-35-30(41)29(24)25)26-19-34-28-16-21(32)6-9-40(26)28/h2-6,9,16-17,19,42H,7-8,10-15,18,20H2,1H3,(H,33,36)(H,35,41). The number of carbonyl (C=O) groups is 1. The molecule has 3 aromatic heterocycles. The number of rotatable bonds is 6. The van der Waals surface area contributed by atoms with E-state index in [9.17, 15) is 14.3 Å². The number of benzene rings is 1. The maximum Gasteiger partial charge on any atom is 0.254 e. The van der Waals surface area contributed by atoms with Gasteiger partial charge in [-0.3, -0.25) is 14.1 Å². The van der Waals surface area contributed by atoms with Crippen LogP contribution in [0.2, 0.25) is 0 Å². The molecule has 2 fully saturated rings. The Morgan fingerprint density at radius 1 is 1.02 bits per heavy atom. The Balaban J connectivity index is 1.04. The molecule has 7 rings (SSSR count). The third-order valence-electron chi connectivity index (χ3n) is 8.90. The number of nitrogens with zero attached hydrogens (tertiary/aromatic N) is 6. The van der Waals surface area contributed by atoms with Crippen molar-refractivity contribution in [2.24, 2.45) is 0 Å². The van der Waals surface area contributed by atoms with Crippen LogP contribution >= 0.6 is 0 Å². The summed E-state index contributed by atoms with van der Waals surface area (Å²) < 4.78 is 15.5. The van der Waals surface area contributed by atoms with Crippen LogP contribution in [0.4, 0.5) is 21.6 Å². The number of piperidine rings is 1. The van der Waals surface area contributed by atoms with Gasteiger partial charge in [0.25, 0.3) is 5.91 Å². The van der Waals surface area contributed by atoms with Gasteiger partial charge in [-0.2, -0.15) is 0 Å². The van der Waals surface area contributed by atoms with Crippen molar-refractivity contribution in [2.75, 3.05) is 63.1 Å². The second-order valence-electron chi connectivity index (χ2n) is 11.7. The first-order valence-corrected chi connectivity index (χ1v) is 14.5. The summed E-state index contributed by atoms with van der Waals surface area (Å²) in [5, 5.41) is 17.5. The van der Waals surface area contributed by atoms with Gasteiger partial charge in [-0.15, -0.1) is 0 Å². The number of hydrogen-bond acceptors (Lipinski definition) is 8. The molecule has 0 saturated carbocycles. The van der Waals surface area contributed by atoms with Crippen LogP contribution in [0, 0.1) is 5.82 Å². The molecule has 0 atom stereocenters. The number of anilines is 3. The normalized spacial score (nSPS) is 19.2. The van der Waals surface area contributed by atoms with Gasteiger partial charge in [-0.05, 0) is 49.7 Å². The van der Waals surface area contributed by atoms with Crippen LogP contribution in [0.1, 0.15) is 28.8 Å². The summed E-state index contributed by atoms with van der Waals surface area (Å²) in [5.41, 5.74) is 4.67. The summed E-state index contributed by atoms with van der Waals surface area (Å²) in [5.74, 6) is 0.147. The minimum Gasteiger partial charge on any atom is -0.388 e. The van der Waals surface area contributed by atoms with E-state index in [1.807, 2.05) is 34.9 Å². The lowest BCUT2D eigenvalue weighted by Gasteiger charge is -2.43. The molecule has 2 saturated heterocycles. The zero-order chi connectivity index (χ0) is 28.8. The molecule has 0 bridgehead atoms. The van der Waals surface area contributed by atoms with Gasteiger partial charge in [0.05, 0.1) is 40.6 Å². The lowest BCUT2D eigenvalue weighted by molar-refractivity contribution is -0.0250. The van der Waals surface area contributed by atoms with Gasteiger partial charge in [0.15, 0.2) is 0 Å². The van der Waals surface area contributed by atoms with Crippen molar-refractivity contribution >= 4 is 28.7 Å². The lowest BCUT2D eigenvalue weighted by atomic mass is 9.90. The summed E-state index contributed by atoms with van der Waals surface area (Å²) in [6.07, 6.45) is 6.66. The predicted octanol–water partition coefficient (Wildman–Crippen LogP) is 3.10. The Kier molecular flexibility index (Phi) is 6.80. The third kappa shape index (κ3) is 5.08. The number of aliphatic hydroxyl groups is 1. The molecule has 10 nitrogen and oxygen atoms in total. The van der Waals surface area contributed by atoms with E-state index in [0.717, 1.165) is 81.2 Å². The summed E-state index contributed by atoms with van der Waals surface area (Å²) in [7, 11) is 2.15. The zero-order valence-electron chi connectivity index (χ0n) is 23.7. The fourth-order valence-electron chi connectivity index (χ4n) is 6.39. The van der Waals surface area contributed by atoms with Gasteiger partial charge in [0, 0.05) is 70.2 Å². The van der Waals surface area contributed by atoms with Gasteiger partial charge in [-0.1, -0.05) is 6.07 Å². The first-order valence-electron chi connectivity index (χ1n) is 14.5. The molecule has 42 heavy (non-hydrogen) atoms. The summed E-state index contributed by atoms with van der Waals surface area (Å²) in [6.45, 7) is 6.82. The lowest BCUT2D eigenvalue weighted by Crippen LogP contribution is -2.54. The zero-order valence-corrected chi connectivity index (χ0v) is 23.7. The van der Waals surface area contributed by atoms with Crippen molar-refractivity contribution in [2.45, 2.75) is 25.0 Å². The number of nitrogens with one attached hydrogen (secondary N) is 2. The largest absolute Gasteiger partial charge is 0.388 e. The van der Waals surface area contributed by atoms with Crippen molar-refractivity contribution in [3.8, 4) is 11.3 Å². The minimum absolute atomic E-state index is 0.150. The highest BCUT2D eigenvalue weighted by atomic mass is 19.1. The van der Waals surface area contributed by atoms with E-state index in [-0.39, 0.29) is 11.7 Å². The molecular weight excluding hydrogens is 535 g/mol. The van der Waals surface area contributed by atoms with Gasteiger partial charge in [0.2, 0.25) is 0 Å². The Labute approximate surface area is 243 Å². The minimum atomic E-state index is -0.645. The molecule has 218 valence electrons. The van der Waals surface area contributed by atoms with Crippen LogP contribution in [0.25, 0.3) is 16.9 Å². The summed E-state index contributed by atoms with van der Waals surface area (Å²) in [4.78, 5) is 28.9. The summed E-state index contributed by atoms with van der Waals surface area (Å²) >= 11 is 0. The third-order valence-corrected chi connectivity index (χ3v) is 8.90. The first-order chi connectivity index (χ1) is 20.3. The molecule has 0 spiro atoms. The Bertz CT molecular complexity index is 1620. The van der Waals surface area contributed by atoms with E-state index in [1.54, 1.807) is 12.4 Å². The van der Waals surface area contributed by atoms with Gasteiger partial charge < -0.3 is 25.5 Å². The Morgan fingerprint density at radius 3 is 2.60 bits per heavy atom. The molecule has 3 aliphatic rings. The average Bonchev–Trinajstić information content (AvgIpc) is 3.59. The maximum absolute atomic E-state index is 13.7. The van der Waals surface area contributed by atoms with Crippen molar-refractivity contribution in [1.82, 2.24) is 29.5 Å². The maximum atomic E-state index is 13.7. The SMILES string of the molecule is CN1CCN(CC2(O)CCN(c3ccc(Nc4ccc(-c5cnc6cc(F)ccn56)c5c4C(=O)NC5)nc3)CC2)CC1. The fourth-order valence-corrected chi connectivity index (χ4v) is 6.39. The smallest absolute Gasteiger partial charge is 0.254 e. The molecular formula is C31H35FN8O2. The molecule has 0 aliphatic carbocycles. The van der Waals surface area contributed by atoms with E-state index in [2.05, 4.69) is 42.3 Å². The van der Waals surface area contributed by atoms with Crippen molar-refractivity contribution < 1.29 is 14.3 Å². The van der Waals surface area contributed by atoms with Crippen LogP contribution in [0.3, 0.4) is 0 Å². The number of imidazole rings is 1. The van der Waals surface area contributed by atoms with E-state index < -0.39 is 5.60 Å². The molecule has 3 aliphatic heterocycles. The molecule has 3 N–H and O–H groups in total. The van der Waals surface area contributed by atoms with Crippen molar-refractivity contribution in [3.63, 3.8) is 0 Å². The van der Waals surface area contributed by atoms with Crippen molar-refractivity contribution in [3.05, 3.63) is 71.9 Å². The van der Waals surface area contributed by atoms with E-state index >= 15 is 0 Å². The molecule has 11 heteroatoms. The number of halogens is 1. The predicted molar refractivity (Wildman–Crippen MR) is 160 cm³/mol. The highest BCUT2D eigenvalue weighted by Gasteiger charge is 2.35. The number of likely N-dealkylation sites (N-methyl/N-ethyl adjacent to an activating group) is 1. The number of amides is 1. The van der Waals surface area contributed by atoms with Crippen LogP contribution in [0.15, 0.2) is 55.0 Å². The highest BCUT2D eigenvalue weighted by molar-refractivity contribution is 6.06. The monoisotopic (exact) mass is 570 g/mol. The van der Waals surface area contributed by atoms with Gasteiger partial charge in [-0.25, -0.2) is 14.4 Å². The number of pyridine rings is 2. The molecule has 1 aromatic carbocycles. The Hall–Kier alpha value is -4.06. The van der Waals surface area contributed by atoms with E-state index in [1.165, 1.54) is 12.1 Å². The number of fused-ring (bicyclic) bond motifs is 2. The first kappa shape index (κ1) is 26.8. The molecule has 1 amide bonds. The molecule has 0 radical (unpaired) electrons. The number of aromatic nitrogens is 3. The fraction of sp³-hybridized carbons (Fsp3) is 0.387. The average molecular weight is 571 g/mol. The Morgan fingerprint density at radius 2 is 1.83 bits per heavy atom. The van der Waals surface area contributed by atoms with Gasteiger partial charge >= 0.3 is 0 Å². The van der Waals surface area contributed by atoms with Crippen LogP contribution in [-0.2, 0) is 6.54 Å². The number of carbonyl (C=O) groups excluding carboxylic acids is 1. The molecule has 0 unspecified atom stereocenters. The summed E-state index contributed by atoms with van der Waals surface area (Å²) in [6, 6.07) is 10.6. The molecule has 6 heterocycles. The second kappa shape index (κ2) is 10.6. The van der Waals surface area contributed by atoms with Crippen LogP contribution in [-0.4, -0.2) is 93.6 Å². The highest BCUT2D eigenvalue weighted by Crippen LogP contribution is 2.36. The van der Waals surface area contributed by atoms with E-state index in [4.69, 9.17) is 0 Å². The van der Waals surface area contributed by atoms with Crippen LogP contribution in [0.5, 0.6) is 0 Å². The quantitative estimate of drug-likeness (QED) is 0.325. The number of piperazine rings is 1.